The first-order valence-electron chi connectivity index (χ1n) is 6.03. The van der Waals surface area contributed by atoms with E-state index in [0.717, 1.165) is 19.4 Å². The van der Waals surface area contributed by atoms with Crippen LogP contribution >= 0.6 is 0 Å². The van der Waals surface area contributed by atoms with E-state index in [0.29, 0.717) is 19.4 Å². The van der Waals surface area contributed by atoms with Gasteiger partial charge in [-0.25, -0.2) is 0 Å². The molecule has 4 nitrogen and oxygen atoms in total. The Morgan fingerprint density at radius 3 is 2.88 bits per heavy atom. The van der Waals surface area contributed by atoms with Gasteiger partial charge in [-0.15, -0.1) is 0 Å². The maximum atomic E-state index is 11.6. The molecule has 1 saturated heterocycles. The molecule has 1 fully saturated rings. The largest absolute Gasteiger partial charge is 0.396 e. The van der Waals surface area contributed by atoms with Crippen molar-refractivity contribution in [1.29, 1.82) is 0 Å². The average molecular weight is 229 g/mol. The van der Waals surface area contributed by atoms with Crippen molar-refractivity contribution in [2.75, 3.05) is 19.8 Å². The highest BCUT2D eigenvalue weighted by atomic mass is 16.5. The highest BCUT2D eigenvalue weighted by Gasteiger charge is 2.21. The smallest absolute Gasteiger partial charge is 0.222 e. The second kappa shape index (κ2) is 6.21. The molecule has 0 spiro atoms. The zero-order valence-electron chi connectivity index (χ0n) is 10.3. The van der Waals surface area contributed by atoms with E-state index in [-0.39, 0.29) is 24.0 Å². The van der Waals surface area contributed by atoms with Crippen molar-refractivity contribution < 1.29 is 14.6 Å². The van der Waals surface area contributed by atoms with Gasteiger partial charge in [0.05, 0.1) is 12.5 Å². The molecule has 0 aromatic rings. The lowest BCUT2D eigenvalue weighted by Gasteiger charge is -2.24. The standard InChI is InChI=1S/C12H23NO3/c1-12(2,5-6-14)9-13-11(15)8-10-4-3-7-16-10/h10,14H,3-9H2,1-2H3,(H,13,15). The first kappa shape index (κ1) is 13.5. The van der Waals surface area contributed by atoms with Crippen molar-refractivity contribution in [3.8, 4) is 0 Å². The molecular weight excluding hydrogens is 206 g/mol. The minimum absolute atomic E-state index is 0.0407. The fraction of sp³-hybridized carbons (Fsp3) is 0.917. The number of hydrogen-bond acceptors (Lipinski definition) is 3. The van der Waals surface area contributed by atoms with Crippen molar-refractivity contribution in [2.45, 2.75) is 45.6 Å². The highest BCUT2D eigenvalue weighted by molar-refractivity contribution is 5.76. The third-order valence-electron chi connectivity index (χ3n) is 2.99. The van der Waals surface area contributed by atoms with Crippen LogP contribution in [-0.4, -0.2) is 36.9 Å². The van der Waals surface area contributed by atoms with Gasteiger partial charge in [0.15, 0.2) is 0 Å². The van der Waals surface area contributed by atoms with E-state index in [1.165, 1.54) is 0 Å². The molecule has 0 radical (unpaired) electrons. The lowest BCUT2D eigenvalue weighted by Crippen LogP contribution is -2.36. The number of hydrogen-bond donors (Lipinski definition) is 2. The molecule has 1 amide bonds. The maximum Gasteiger partial charge on any atom is 0.222 e. The number of nitrogens with one attached hydrogen (secondary N) is 1. The van der Waals surface area contributed by atoms with Crippen LogP contribution in [0.5, 0.6) is 0 Å². The second-order valence-corrected chi connectivity index (χ2v) is 5.25. The summed E-state index contributed by atoms with van der Waals surface area (Å²) in [6.07, 6.45) is 3.34. The average Bonchev–Trinajstić information content (AvgIpc) is 2.68. The number of aliphatic hydroxyl groups excluding tert-OH is 1. The maximum absolute atomic E-state index is 11.6. The Kier molecular flexibility index (Phi) is 5.22. The molecule has 1 heterocycles. The van der Waals surface area contributed by atoms with Gasteiger partial charge in [-0.3, -0.25) is 4.79 Å². The van der Waals surface area contributed by atoms with Crippen molar-refractivity contribution in [2.24, 2.45) is 5.41 Å². The van der Waals surface area contributed by atoms with Crippen LogP contribution in [0.1, 0.15) is 39.5 Å². The van der Waals surface area contributed by atoms with Crippen LogP contribution in [0.3, 0.4) is 0 Å². The fourth-order valence-electron chi connectivity index (χ4n) is 1.81. The Morgan fingerprint density at radius 2 is 2.31 bits per heavy atom. The Balaban J connectivity index is 2.18. The van der Waals surface area contributed by atoms with Gasteiger partial charge in [-0.2, -0.15) is 0 Å². The van der Waals surface area contributed by atoms with Crippen molar-refractivity contribution >= 4 is 5.91 Å². The number of aliphatic hydroxyl groups is 1. The molecule has 0 aromatic heterocycles. The van der Waals surface area contributed by atoms with E-state index in [1.807, 2.05) is 13.8 Å². The summed E-state index contributed by atoms with van der Waals surface area (Å²) < 4.78 is 5.40. The van der Waals surface area contributed by atoms with E-state index in [4.69, 9.17) is 9.84 Å². The van der Waals surface area contributed by atoms with Crippen LogP contribution in [-0.2, 0) is 9.53 Å². The van der Waals surface area contributed by atoms with Crippen molar-refractivity contribution in [3.05, 3.63) is 0 Å². The van der Waals surface area contributed by atoms with Crippen LogP contribution in [0, 0.1) is 5.41 Å². The molecule has 0 aliphatic carbocycles. The lowest BCUT2D eigenvalue weighted by atomic mass is 9.90. The van der Waals surface area contributed by atoms with E-state index in [2.05, 4.69) is 5.32 Å². The Morgan fingerprint density at radius 1 is 1.56 bits per heavy atom. The molecule has 4 heteroatoms. The van der Waals surface area contributed by atoms with E-state index in [1.54, 1.807) is 0 Å². The number of ether oxygens (including phenoxy) is 1. The molecule has 2 N–H and O–H groups in total. The minimum Gasteiger partial charge on any atom is -0.396 e. The third-order valence-corrected chi connectivity index (χ3v) is 2.99. The molecule has 1 aliphatic heterocycles. The molecule has 16 heavy (non-hydrogen) atoms. The second-order valence-electron chi connectivity index (χ2n) is 5.25. The van der Waals surface area contributed by atoms with Crippen LogP contribution in [0.2, 0.25) is 0 Å². The van der Waals surface area contributed by atoms with Gasteiger partial charge in [-0.05, 0) is 24.7 Å². The predicted octanol–water partition coefficient (Wildman–Crippen LogP) is 1.08. The van der Waals surface area contributed by atoms with Gasteiger partial charge < -0.3 is 15.2 Å². The van der Waals surface area contributed by atoms with Gasteiger partial charge in [0.1, 0.15) is 0 Å². The Labute approximate surface area is 97.4 Å². The number of rotatable bonds is 6. The molecule has 1 unspecified atom stereocenters. The number of carbonyl (C=O) groups is 1. The summed E-state index contributed by atoms with van der Waals surface area (Å²) in [5, 5.41) is 11.8. The van der Waals surface area contributed by atoms with Crippen LogP contribution in [0.15, 0.2) is 0 Å². The van der Waals surface area contributed by atoms with Crippen LogP contribution < -0.4 is 5.32 Å². The molecule has 1 rings (SSSR count). The number of amides is 1. The molecule has 0 saturated carbocycles. The van der Waals surface area contributed by atoms with E-state index < -0.39 is 0 Å². The van der Waals surface area contributed by atoms with Crippen LogP contribution in [0.4, 0.5) is 0 Å². The Hall–Kier alpha value is -0.610. The molecule has 94 valence electrons. The number of carbonyl (C=O) groups excluding carboxylic acids is 1. The first-order valence-corrected chi connectivity index (χ1v) is 6.03. The molecule has 0 aromatic carbocycles. The van der Waals surface area contributed by atoms with E-state index in [9.17, 15) is 4.79 Å². The zero-order valence-corrected chi connectivity index (χ0v) is 10.3. The predicted molar refractivity (Wildman–Crippen MR) is 62.1 cm³/mol. The van der Waals surface area contributed by atoms with Gasteiger partial charge in [-0.1, -0.05) is 13.8 Å². The quantitative estimate of drug-likeness (QED) is 0.716. The fourth-order valence-corrected chi connectivity index (χ4v) is 1.81. The Bertz CT molecular complexity index is 222. The summed E-state index contributed by atoms with van der Waals surface area (Å²) >= 11 is 0. The summed E-state index contributed by atoms with van der Waals surface area (Å²) in [6, 6.07) is 0. The van der Waals surface area contributed by atoms with Crippen molar-refractivity contribution in [1.82, 2.24) is 5.32 Å². The molecule has 1 atom stereocenters. The molecular formula is C12H23NO3. The monoisotopic (exact) mass is 229 g/mol. The van der Waals surface area contributed by atoms with Gasteiger partial charge in [0.25, 0.3) is 0 Å². The van der Waals surface area contributed by atoms with Crippen LogP contribution in [0.25, 0.3) is 0 Å². The van der Waals surface area contributed by atoms with Gasteiger partial charge in [0.2, 0.25) is 5.91 Å². The van der Waals surface area contributed by atoms with Crippen molar-refractivity contribution in [3.63, 3.8) is 0 Å². The minimum atomic E-state index is -0.0407. The summed E-state index contributed by atoms with van der Waals surface area (Å²) in [4.78, 5) is 11.6. The van der Waals surface area contributed by atoms with Gasteiger partial charge in [0, 0.05) is 19.8 Å². The van der Waals surface area contributed by atoms with E-state index >= 15 is 0 Å². The SMILES string of the molecule is CC(C)(CCO)CNC(=O)CC1CCCO1. The lowest BCUT2D eigenvalue weighted by molar-refractivity contribution is -0.123. The zero-order chi connectivity index (χ0) is 12.0. The molecule has 0 bridgehead atoms. The summed E-state index contributed by atoms with van der Waals surface area (Å²) in [7, 11) is 0. The topological polar surface area (TPSA) is 58.6 Å². The van der Waals surface area contributed by atoms with Gasteiger partial charge >= 0.3 is 0 Å². The summed E-state index contributed by atoms with van der Waals surface area (Å²) in [5.74, 6) is 0.0536. The molecule has 1 aliphatic rings. The third kappa shape index (κ3) is 4.94. The highest BCUT2D eigenvalue weighted by Crippen LogP contribution is 2.19. The normalized spacial score (nSPS) is 21.1. The first-order chi connectivity index (χ1) is 7.53. The summed E-state index contributed by atoms with van der Waals surface area (Å²) in [6.45, 7) is 5.63. The summed E-state index contributed by atoms with van der Waals surface area (Å²) in [5.41, 5.74) is -0.0407.